The largest absolute Gasteiger partial charge is 0.301 e. The Kier molecular flexibility index (Phi) is 3.61. The Morgan fingerprint density at radius 2 is 1.75 bits per heavy atom. The molecule has 2 aromatic rings. The zero-order valence-electron chi connectivity index (χ0n) is 11.3. The summed E-state index contributed by atoms with van der Waals surface area (Å²) in [6, 6.07) is 19.0. The normalized spacial score (nSPS) is 21.1. The molecule has 2 aromatic carbocycles. The Morgan fingerprint density at radius 1 is 1.05 bits per heavy atom. The maximum Gasteiger partial charge on any atom is 0.0847 e. The van der Waals surface area contributed by atoms with E-state index in [2.05, 4.69) is 66.0 Å². The molecule has 2 nitrogen and oxygen atoms in total. The standard InChI is InChI=1S/C17H16N2S/c1-12-7-9-14(10-8-12)17-16(15(11-20)18-19-17)13-5-3-2-4-6-13/h2-11,15-16,18H,1H3. The lowest BCUT2D eigenvalue weighted by molar-refractivity contribution is 0.688. The smallest absolute Gasteiger partial charge is 0.0847 e. The van der Waals surface area contributed by atoms with E-state index in [4.69, 9.17) is 12.2 Å². The van der Waals surface area contributed by atoms with Gasteiger partial charge in [-0.3, -0.25) is 0 Å². The lowest BCUT2D eigenvalue weighted by atomic mass is 9.86. The van der Waals surface area contributed by atoms with Crippen LogP contribution in [0.1, 0.15) is 22.6 Å². The number of benzene rings is 2. The first-order valence-corrected chi connectivity index (χ1v) is 7.17. The Hall–Kier alpha value is -2.00. The quantitative estimate of drug-likeness (QED) is 0.871. The van der Waals surface area contributed by atoms with Gasteiger partial charge >= 0.3 is 0 Å². The van der Waals surface area contributed by atoms with E-state index in [0.717, 1.165) is 11.3 Å². The number of aryl methyl sites for hydroxylation is 1. The van der Waals surface area contributed by atoms with Gasteiger partial charge in [0.15, 0.2) is 0 Å². The molecule has 2 unspecified atom stereocenters. The van der Waals surface area contributed by atoms with E-state index in [1.165, 1.54) is 11.1 Å². The molecule has 1 aliphatic heterocycles. The molecule has 3 rings (SSSR count). The first-order valence-electron chi connectivity index (χ1n) is 6.70. The summed E-state index contributed by atoms with van der Waals surface area (Å²) in [6.07, 6.45) is 0. The molecule has 1 N–H and O–H groups in total. The van der Waals surface area contributed by atoms with E-state index in [-0.39, 0.29) is 12.0 Å². The molecule has 0 spiro atoms. The van der Waals surface area contributed by atoms with Gasteiger partial charge in [0.2, 0.25) is 0 Å². The van der Waals surface area contributed by atoms with Crippen LogP contribution in [0.5, 0.6) is 0 Å². The highest BCUT2D eigenvalue weighted by Gasteiger charge is 2.32. The molecule has 3 heteroatoms. The third kappa shape index (κ3) is 2.37. The van der Waals surface area contributed by atoms with E-state index in [0.29, 0.717) is 0 Å². The van der Waals surface area contributed by atoms with Crippen molar-refractivity contribution in [3.63, 3.8) is 0 Å². The first-order chi connectivity index (χ1) is 9.79. The van der Waals surface area contributed by atoms with Gasteiger partial charge in [0, 0.05) is 5.37 Å². The number of hydrazone groups is 1. The number of hydrogen-bond donors (Lipinski definition) is 1. The minimum Gasteiger partial charge on any atom is -0.301 e. The van der Waals surface area contributed by atoms with Crippen molar-refractivity contribution in [3.05, 3.63) is 71.3 Å². The van der Waals surface area contributed by atoms with Crippen molar-refractivity contribution in [1.82, 2.24) is 5.43 Å². The Labute approximate surface area is 124 Å². The molecule has 0 saturated carbocycles. The summed E-state index contributed by atoms with van der Waals surface area (Å²) in [5, 5.41) is 6.28. The zero-order valence-corrected chi connectivity index (χ0v) is 12.1. The van der Waals surface area contributed by atoms with Crippen molar-refractivity contribution in [2.45, 2.75) is 18.9 Å². The molecule has 1 aliphatic rings. The fourth-order valence-electron chi connectivity index (χ4n) is 2.56. The minimum absolute atomic E-state index is 0.0729. The average molecular weight is 280 g/mol. The molecule has 20 heavy (non-hydrogen) atoms. The predicted octanol–water partition coefficient (Wildman–Crippen LogP) is 3.45. The molecule has 100 valence electrons. The van der Waals surface area contributed by atoms with Crippen LogP contribution >= 0.6 is 12.2 Å². The molecule has 0 bridgehead atoms. The monoisotopic (exact) mass is 280 g/mol. The van der Waals surface area contributed by atoms with Gasteiger partial charge in [-0.1, -0.05) is 72.4 Å². The van der Waals surface area contributed by atoms with E-state index >= 15 is 0 Å². The molecule has 2 atom stereocenters. The number of rotatable bonds is 3. The van der Waals surface area contributed by atoms with Crippen LogP contribution in [0, 0.1) is 6.92 Å². The summed E-state index contributed by atoms with van der Waals surface area (Å²) >= 11 is 5.15. The molecular weight excluding hydrogens is 264 g/mol. The highest BCUT2D eigenvalue weighted by molar-refractivity contribution is 7.79. The van der Waals surface area contributed by atoms with Crippen LogP contribution in [0.2, 0.25) is 0 Å². The summed E-state index contributed by atoms with van der Waals surface area (Å²) in [4.78, 5) is 0. The van der Waals surface area contributed by atoms with Gasteiger partial charge in [-0.15, -0.1) is 0 Å². The molecule has 1 heterocycles. The lowest BCUT2D eigenvalue weighted by Gasteiger charge is -2.18. The molecule has 0 amide bonds. The second kappa shape index (κ2) is 5.55. The van der Waals surface area contributed by atoms with Gasteiger partial charge in [-0.05, 0) is 18.1 Å². The van der Waals surface area contributed by atoms with E-state index in [1.54, 1.807) is 5.37 Å². The topological polar surface area (TPSA) is 24.4 Å². The number of nitrogens with one attached hydrogen (secondary N) is 1. The lowest BCUT2D eigenvalue weighted by Crippen LogP contribution is -2.28. The number of hydrogen-bond acceptors (Lipinski definition) is 3. The molecule has 0 aliphatic carbocycles. The van der Waals surface area contributed by atoms with Crippen molar-refractivity contribution in [1.29, 1.82) is 0 Å². The maximum absolute atomic E-state index is 5.15. The number of nitrogens with zero attached hydrogens (tertiary/aromatic N) is 1. The molecule has 0 saturated heterocycles. The summed E-state index contributed by atoms with van der Waals surface area (Å²) in [5.74, 6) is 0.177. The summed E-state index contributed by atoms with van der Waals surface area (Å²) < 4.78 is 0. The highest BCUT2D eigenvalue weighted by atomic mass is 32.1. The van der Waals surface area contributed by atoms with E-state index in [9.17, 15) is 0 Å². The van der Waals surface area contributed by atoms with Crippen LogP contribution in [-0.4, -0.2) is 17.1 Å². The minimum atomic E-state index is 0.0729. The second-order valence-corrected chi connectivity index (χ2v) is 5.31. The second-order valence-electron chi connectivity index (χ2n) is 5.04. The molecular formula is C17H16N2S. The van der Waals surface area contributed by atoms with Crippen molar-refractivity contribution >= 4 is 23.3 Å². The van der Waals surface area contributed by atoms with Crippen molar-refractivity contribution < 1.29 is 0 Å². The fourth-order valence-corrected chi connectivity index (χ4v) is 2.78. The van der Waals surface area contributed by atoms with Gasteiger partial charge in [-0.2, -0.15) is 5.10 Å². The van der Waals surface area contributed by atoms with Crippen LogP contribution in [0.4, 0.5) is 0 Å². The fraction of sp³-hybridized carbons (Fsp3) is 0.176. The SMILES string of the molecule is Cc1ccc(C2=NNC(C=S)C2c2ccccc2)cc1. The summed E-state index contributed by atoms with van der Waals surface area (Å²) in [5.41, 5.74) is 7.84. The van der Waals surface area contributed by atoms with Crippen LogP contribution in [0.25, 0.3) is 0 Å². The van der Waals surface area contributed by atoms with Crippen LogP contribution in [-0.2, 0) is 0 Å². The third-order valence-electron chi connectivity index (χ3n) is 3.64. The predicted molar refractivity (Wildman–Crippen MR) is 87.5 cm³/mol. The third-order valence-corrected chi connectivity index (χ3v) is 3.93. The Morgan fingerprint density at radius 3 is 2.40 bits per heavy atom. The van der Waals surface area contributed by atoms with Crippen LogP contribution < -0.4 is 5.43 Å². The Bertz CT molecular complexity index is 632. The molecule has 0 aromatic heterocycles. The zero-order chi connectivity index (χ0) is 13.9. The molecule has 0 radical (unpaired) electrons. The number of thiocarbonyl (C=S) groups is 1. The molecule has 0 fully saturated rings. The van der Waals surface area contributed by atoms with Crippen molar-refractivity contribution in [2.24, 2.45) is 5.10 Å². The van der Waals surface area contributed by atoms with E-state index < -0.39 is 0 Å². The van der Waals surface area contributed by atoms with Gasteiger partial charge in [-0.25, -0.2) is 0 Å². The van der Waals surface area contributed by atoms with Crippen LogP contribution in [0.15, 0.2) is 59.7 Å². The highest BCUT2D eigenvalue weighted by Crippen LogP contribution is 2.28. The summed E-state index contributed by atoms with van der Waals surface area (Å²) in [7, 11) is 0. The summed E-state index contributed by atoms with van der Waals surface area (Å²) in [6.45, 7) is 2.09. The van der Waals surface area contributed by atoms with Gasteiger partial charge in [0.1, 0.15) is 0 Å². The van der Waals surface area contributed by atoms with Gasteiger partial charge < -0.3 is 5.43 Å². The van der Waals surface area contributed by atoms with E-state index in [1.807, 2.05) is 6.07 Å². The van der Waals surface area contributed by atoms with Crippen molar-refractivity contribution in [3.8, 4) is 0 Å². The average Bonchev–Trinajstić information content (AvgIpc) is 2.93. The van der Waals surface area contributed by atoms with Gasteiger partial charge in [0.05, 0.1) is 17.7 Å². The van der Waals surface area contributed by atoms with Crippen LogP contribution in [0.3, 0.4) is 0 Å². The van der Waals surface area contributed by atoms with Gasteiger partial charge in [0.25, 0.3) is 0 Å². The van der Waals surface area contributed by atoms with Crippen molar-refractivity contribution in [2.75, 3.05) is 0 Å². The first kappa shape index (κ1) is 13.0. The maximum atomic E-state index is 5.15. The Balaban J connectivity index is 2.01.